The monoisotopic (exact) mass is 626 g/mol. The maximum Gasteiger partial charge on any atom is 0.356 e. The molecule has 232 valence electrons. The van der Waals surface area contributed by atoms with Gasteiger partial charge in [0.1, 0.15) is 6.10 Å². The van der Waals surface area contributed by atoms with Crippen molar-refractivity contribution in [1.29, 1.82) is 0 Å². The highest BCUT2D eigenvalue weighted by molar-refractivity contribution is 7.53. The molecule has 0 bridgehead atoms. The zero-order chi connectivity index (χ0) is 30.9. The highest BCUT2D eigenvalue weighted by Gasteiger charge is 2.51. The van der Waals surface area contributed by atoms with Crippen LogP contribution in [0.15, 0.2) is 91.0 Å². The minimum absolute atomic E-state index is 0.219. The summed E-state index contributed by atoms with van der Waals surface area (Å²) < 4.78 is 41.9. The zero-order valence-electron chi connectivity index (χ0n) is 25.4. The second-order valence-corrected chi connectivity index (χ2v) is 17.2. The van der Waals surface area contributed by atoms with Crippen LogP contribution in [0.2, 0.25) is 5.04 Å². The van der Waals surface area contributed by atoms with Crippen LogP contribution in [0.5, 0.6) is 0 Å². The number of benzene rings is 3. The molecule has 4 rings (SSSR count). The van der Waals surface area contributed by atoms with Crippen LogP contribution in [0, 0.1) is 0 Å². The molecule has 1 saturated heterocycles. The predicted molar refractivity (Wildman–Crippen MR) is 169 cm³/mol. The molecule has 3 aromatic rings. The molecule has 0 unspecified atom stereocenters. The molecule has 43 heavy (non-hydrogen) atoms. The first-order chi connectivity index (χ1) is 20.6. The average molecular weight is 627 g/mol. The second kappa shape index (κ2) is 14.9. The maximum atomic E-state index is 13.0. The molecule has 1 aliphatic heterocycles. The molecule has 1 heterocycles. The van der Waals surface area contributed by atoms with E-state index in [0.29, 0.717) is 18.4 Å². The van der Waals surface area contributed by atoms with Crippen molar-refractivity contribution in [2.75, 3.05) is 19.6 Å². The Bertz CT molecular complexity index is 1290. The molecule has 3 aromatic carbocycles. The van der Waals surface area contributed by atoms with E-state index < -0.39 is 45.4 Å². The number of esters is 1. The van der Waals surface area contributed by atoms with Crippen LogP contribution in [0.4, 0.5) is 0 Å². The minimum atomic E-state index is -3.46. The summed E-state index contributed by atoms with van der Waals surface area (Å²) >= 11 is 0. The average Bonchev–Trinajstić information content (AvgIpc) is 3.41. The molecule has 0 saturated carbocycles. The van der Waals surface area contributed by atoms with Gasteiger partial charge in [0.05, 0.1) is 24.9 Å². The summed E-state index contributed by atoms with van der Waals surface area (Å²) in [7, 11) is -6.70. The summed E-state index contributed by atoms with van der Waals surface area (Å²) in [5.74, 6) is -0.451. The summed E-state index contributed by atoms with van der Waals surface area (Å²) in [6.07, 6.45) is -0.784. The number of carbonyl (C=O) groups excluding carboxylic acids is 1. The Morgan fingerprint density at radius 2 is 1.42 bits per heavy atom. The standard InChI is InChI=1S/C33H43O8PSi/c1-5-38-42(35,39-6-2)25-37-31-24-30(41-32(34)26-16-10-7-11-17-26)29(40-31)22-23-33(3,4)43(36,27-18-12-8-13-19-27)28-20-14-9-15-21-28/h7-21,29-31,36H,5-6,22-25H2,1-4H3/t29-,30+,31+/m1/s1. The number of rotatable bonds is 15. The molecular weight excluding hydrogens is 583 g/mol. The molecule has 0 aliphatic carbocycles. The molecule has 0 amide bonds. The number of ether oxygens (including phenoxy) is 3. The fourth-order valence-electron chi connectivity index (χ4n) is 5.62. The molecule has 1 aliphatic rings. The Labute approximate surface area is 256 Å². The molecule has 10 heteroatoms. The van der Waals surface area contributed by atoms with Crippen molar-refractivity contribution < 1.29 is 37.4 Å². The Kier molecular flexibility index (Phi) is 11.5. The van der Waals surface area contributed by atoms with Gasteiger partial charge in [-0.3, -0.25) is 4.57 Å². The van der Waals surface area contributed by atoms with E-state index in [4.69, 9.17) is 23.3 Å². The van der Waals surface area contributed by atoms with Crippen molar-refractivity contribution >= 4 is 32.3 Å². The Morgan fingerprint density at radius 1 is 0.907 bits per heavy atom. The van der Waals surface area contributed by atoms with Crippen LogP contribution in [-0.2, 0) is 27.8 Å². The highest BCUT2D eigenvalue weighted by Crippen LogP contribution is 2.49. The molecule has 8 nitrogen and oxygen atoms in total. The van der Waals surface area contributed by atoms with Gasteiger partial charge in [-0.05, 0) is 54.2 Å². The first kappa shape index (κ1) is 33.3. The summed E-state index contributed by atoms with van der Waals surface area (Å²) in [6, 6.07) is 28.5. The third kappa shape index (κ3) is 8.11. The van der Waals surface area contributed by atoms with Crippen LogP contribution in [-0.4, -0.2) is 57.1 Å². The van der Waals surface area contributed by atoms with Gasteiger partial charge in [-0.15, -0.1) is 0 Å². The van der Waals surface area contributed by atoms with Gasteiger partial charge in [0, 0.05) is 6.42 Å². The lowest BCUT2D eigenvalue weighted by Gasteiger charge is -2.42. The number of carbonyl (C=O) groups is 1. The van der Waals surface area contributed by atoms with Crippen LogP contribution in [0.25, 0.3) is 0 Å². The molecule has 1 N–H and O–H groups in total. The van der Waals surface area contributed by atoms with Gasteiger partial charge in [-0.1, -0.05) is 92.7 Å². The third-order valence-electron chi connectivity index (χ3n) is 7.92. The first-order valence-corrected chi connectivity index (χ1v) is 18.5. The summed E-state index contributed by atoms with van der Waals surface area (Å²) in [5, 5.41) is 1.33. The highest BCUT2D eigenvalue weighted by atomic mass is 31.2. The van der Waals surface area contributed by atoms with Gasteiger partial charge in [0.2, 0.25) is 0 Å². The van der Waals surface area contributed by atoms with Gasteiger partial charge >= 0.3 is 13.6 Å². The van der Waals surface area contributed by atoms with E-state index in [1.807, 2.05) is 66.7 Å². The second-order valence-electron chi connectivity index (χ2n) is 11.3. The van der Waals surface area contributed by atoms with Crippen LogP contribution in [0.3, 0.4) is 0 Å². The van der Waals surface area contributed by atoms with E-state index in [1.165, 1.54) is 0 Å². The maximum absolute atomic E-state index is 13.0. The van der Waals surface area contributed by atoms with Crippen molar-refractivity contribution in [3.05, 3.63) is 96.6 Å². The zero-order valence-corrected chi connectivity index (χ0v) is 27.3. The molecule has 0 spiro atoms. The van der Waals surface area contributed by atoms with Crippen LogP contribution in [0.1, 0.15) is 57.3 Å². The van der Waals surface area contributed by atoms with Gasteiger partial charge in [-0.25, -0.2) is 4.79 Å². The normalized spacial score (nSPS) is 19.3. The smallest absolute Gasteiger partial charge is 0.356 e. The predicted octanol–water partition coefficient (Wildman–Crippen LogP) is 5.88. The molecule has 0 radical (unpaired) electrons. The molecular formula is C33H43O8PSi. The van der Waals surface area contributed by atoms with Crippen molar-refractivity contribution in [3.8, 4) is 0 Å². The fraction of sp³-hybridized carbons (Fsp3) is 0.424. The minimum Gasteiger partial charge on any atom is -0.456 e. The fourth-order valence-corrected chi connectivity index (χ4v) is 10.7. The first-order valence-electron chi connectivity index (χ1n) is 14.9. The lowest BCUT2D eigenvalue weighted by molar-refractivity contribution is -0.128. The Balaban J connectivity index is 1.55. The van der Waals surface area contributed by atoms with Crippen molar-refractivity contribution in [2.45, 2.75) is 70.5 Å². The largest absolute Gasteiger partial charge is 0.456 e. The van der Waals surface area contributed by atoms with E-state index in [2.05, 4.69) is 13.8 Å². The third-order valence-corrected chi connectivity index (χ3v) is 14.2. The van der Waals surface area contributed by atoms with Crippen molar-refractivity contribution in [1.82, 2.24) is 0 Å². The summed E-state index contributed by atoms with van der Waals surface area (Å²) in [4.78, 5) is 25.6. The number of hydrogen-bond donors (Lipinski definition) is 1. The van der Waals surface area contributed by atoms with Gasteiger partial charge < -0.3 is 28.1 Å². The topological polar surface area (TPSA) is 101 Å². The van der Waals surface area contributed by atoms with E-state index in [0.717, 1.165) is 10.4 Å². The molecule has 3 atom stereocenters. The van der Waals surface area contributed by atoms with E-state index in [-0.39, 0.29) is 26.0 Å². The Hall–Kier alpha value is -2.62. The SMILES string of the molecule is CCOP(=O)(CO[C@@H]1C[C@H](OC(=O)c2ccccc2)[C@@H](CCC(C)(C)[Si](O)(c2ccccc2)c2ccccc2)O1)OCC. The van der Waals surface area contributed by atoms with Crippen molar-refractivity contribution in [2.24, 2.45) is 0 Å². The van der Waals surface area contributed by atoms with Gasteiger partial charge in [0.25, 0.3) is 8.32 Å². The Morgan fingerprint density at radius 3 is 1.93 bits per heavy atom. The summed E-state index contributed by atoms with van der Waals surface area (Å²) in [6.45, 7) is 8.10. The number of hydrogen-bond acceptors (Lipinski definition) is 8. The van der Waals surface area contributed by atoms with Crippen LogP contribution < -0.4 is 10.4 Å². The van der Waals surface area contributed by atoms with E-state index in [9.17, 15) is 14.2 Å². The summed E-state index contributed by atoms with van der Waals surface area (Å²) in [5.41, 5.74) is 0.443. The lowest BCUT2D eigenvalue weighted by atomic mass is 10.0. The molecule has 1 fully saturated rings. The van der Waals surface area contributed by atoms with E-state index in [1.54, 1.807) is 38.1 Å². The van der Waals surface area contributed by atoms with E-state index >= 15 is 0 Å². The van der Waals surface area contributed by atoms with Crippen LogP contribution >= 0.6 is 7.60 Å². The molecule has 0 aromatic heterocycles. The quantitative estimate of drug-likeness (QED) is 0.127. The van der Waals surface area contributed by atoms with Gasteiger partial charge in [-0.2, -0.15) is 0 Å². The van der Waals surface area contributed by atoms with Gasteiger partial charge in [0.15, 0.2) is 12.6 Å². The van der Waals surface area contributed by atoms with Crippen molar-refractivity contribution in [3.63, 3.8) is 0 Å². The lowest BCUT2D eigenvalue weighted by Crippen LogP contribution is -2.65.